The van der Waals surface area contributed by atoms with E-state index < -0.39 is 10.0 Å². The molecule has 1 fully saturated rings. The third kappa shape index (κ3) is 2.78. The molecule has 0 aliphatic carbocycles. The molecule has 0 amide bonds. The van der Waals surface area contributed by atoms with Gasteiger partial charge in [-0.05, 0) is 11.6 Å². The number of hydrogen-bond donors (Lipinski definition) is 0. The van der Waals surface area contributed by atoms with Gasteiger partial charge in [0, 0.05) is 30.5 Å². The number of rotatable bonds is 3. The van der Waals surface area contributed by atoms with Crippen LogP contribution < -0.4 is 0 Å². The van der Waals surface area contributed by atoms with E-state index >= 15 is 0 Å². The fourth-order valence-electron chi connectivity index (χ4n) is 1.79. The molecule has 6 heteroatoms. The normalized spacial score (nSPS) is 18.2. The highest BCUT2D eigenvalue weighted by molar-refractivity contribution is 7.99. The van der Waals surface area contributed by atoms with Crippen LogP contribution in [0.2, 0.25) is 0 Å². The summed E-state index contributed by atoms with van der Waals surface area (Å²) in [6, 6.07) is 6.94. The average Bonchev–Trinajstić information content (AvgIpc) is 2.39. The van der Waals surface area contributed by atoms with Crippen molar-refractivity contribution in [3.63, 3.8) is 0 Å². The van der Waals surface area contributed by atoms with Crippen LogP contribution in [0, 0.1) is 0 Å². The quantitative estimate of drug-likeness (QED) is 0.801. The molecule has 0 spiro atoms. The summed E-state index contributed by atoms with van der Waals surface area (Å²) in [6.45, 7) is 1.17. The van der Waals surface area contributed by atoms with Crippen LogP contribution in [0.1, 0.15) is 5.56 Å². The first-order chi connectivity index (χ1) is 8.16. The molecule has 0 bridgehead atoms. The van der Waals surface area contributed by atoms with Gasteiger partial charge >= 0.3 is 0 Å². The smallest absolute Gasteiger partial charge is 0.207 e. The summed E-state index contributed by atoms with van der Waals surface area (Å²) in [5.74, 6) is 1.95. The SMILES string of the molecule is O=S(=O)(c1ccccc1CCl)N1CCSCC1. The molecule has 1 aliphatic rings. The minimum Gasteiger partial charge on any atom is -0.207 e. The van der Waals surface area contributed by atoms with E-state index in [9.17, 15) is 8.42 Å². The fraction of sp³-hybridized carbons (Fsp3) is 0.455. The maximum absolute atomic E-state index is 12.4. The zero-order valence-corrected chi connectivity index (χ0v) is 11.7. The lowest BCUT2D eigenvalue weighted by molar-refractivity contribution is 0.443. The molecule has 2 rings (SSSR count). The summed E-state index contributed by atoms with van der Waals surface area (Å²) >= 11 is 7.58. The van der Waals surface area contributed by atoms with E-state index in [-0.39, 0.29) is 5.88 Å². The van der Waals surface area contributed by atoms with Crippen LogP contribution in [-0.4, -0.2) is 37.3 Å². The van der Waals surface area contributed by atoms with E-state index in [1.807, 2.05) is 6.07 Å². The van der Waals surface area contributed by atoms with Crippen LogP contribution >= 0.6 is 23.4 Å². The number of alkyl halides is 1. The van der Waals surface area contributed by atoms with Gasteiger partial charge in [-0.15, -0.1) is 11.6 Å². The van der Waals surface area contributed by atoms with E-state index in [2.05, 4.69) is 0 Å². The number of hydrogen-bond acceptors (Lipinski definition) is 3. The standard InChI is InChI=1S/C11H14ClNO2S2/c12-9-10-3-1-2-4-11(10)17(14,15)13-5-7-16-8-6-13/h1-4H,5-9H2. The van der Waals surface area contributed by atoms with Gasteiger partial charge in [-0.3, -0.25) is 0 Å². The molecular weight excluding hydrogens is 278 g/mol. The first-order valence-electron chi connectivity index (χ1n) is 5.38. The van der Waals surface area contributed by atoms with Crippen LogP contribution in [-0.2, 0) is 15.9 Å². The highest BCUT2D eigenvalue weighted by Gasteiger charge is 2.27. The molecule has 1 aromatic carbocycles. The Balaban J connectivity index is 2.36. The van der Waals surface area contributed by atoms with Crippen molar-refractivity contribution < 1.29 is 8.42 Å². The summed E-state index contributed by atoms with van der Waals surface area (Å²) in [7, 11) is -3.37. The van der Waals surface area contributed by atoms with Crippen molar-refractivity contribution in [1.82, 2.24) is 4.31 Å². The molecule has 1 heterocycles. The first-order valence-corrected chi connectivity index (χ1v) is 8.51. The maximum Gasteiger partial charge on any atom is 0.243 e. The van der Waals surface area contributed by atoms with E-state index in [0.29, 0.717) is 23.5 Å². The third-order valence-electron chi connectivity index (χ3n) is 2.70. The maximum atomic E-state index is 12.4. The Hall–Kier alpha value is -0.230. The van der Waals surface area contributed by atoms with Gasteiger partial charge in [0.2, 0.25) is 10.0 Å². The van der Waals surface area contributed by atoms with Gasteiger partial charge in [0.25, 0.3) is 0 Å². The molecule has 1 aliphatic heterocycles. The predicted octanol–water partition coefficient (Wildman–Crippen LogP) is 2.16. The number of halogens is 1. The molecule has 0 unspecified atom stereocenters. The Kier molecular flexibility index (Phi) is 4.36. The largest absolute Gasteiger partial charge is 0.243 e. The van der Waals surface area contributed by atoms with Crippen molar-refractivity contribution in [3.8, 4) is 0 Å². The number of sulfonamides is 1. The van der Waals surface area contributed by atoms with Crippen molar-refractivity contribution in [2.45, 2.75) is 10.8 Å². The molecule has 17 heavy (non-hydrogen) atoms. The molecule has 0 atom stereocenters. The minimum absolute atomic E-state index is 0.220. The molecular formula is C11H14ClNO2S2. The first kappa shape index (κ1) is 13.2. The van der Waals surface area contributed by atoms with E-state index in [0.717, 1.165) is 11.5 Å². The molecule has 0 N–H and O–H groups in total. The van der Waals surface area contributed by atoms with Gasteiger partial charge in [0.15, 0.2) is 0 Å². The lowest BCUT2D eigenvalue weighted by Gasteiger charge is -2.26. The van der Waals surface area contributed by atoms with Crippen molar-refractivity contribution in [3.05, 3.63) is 29.8 Å². The van der Waals surface area contributed by atoms with E-state index in [1.165, 1.54) is 0 Å². The number of nitrogens with zero attached hydrogens (tertiary/aromatic N) is 1. The second kappa shape index (κ2) is 5.61. The Morgan fingerprint density at radius 2 is 1.88 bits per heavy atom. The topological polar surface area (TPSA) is 37.4 Å². The Morgan fingerprint density at radius 1 is 1.24 bits per heavy atom. The fourth-order valence-corrected chi connectivity index (χ4v) is 4.90. The van der Waals surface area contributed by atoms with Crippen LogP contribution in [0.3, 0.4) is 0 Å². The van der Waals surface area contributed by atoms with Gasteiger partial charge in [-0.2, -0.15) is 16.1 Å². The lowest BCUT2D eigenvalue weighted by Crippen LogP contribution is -2.38. The summed E-state index contributed by atoms with van der Waals surface area (Å²) in [6.07, 6.45) is 0. The van der Waals surface area contributed by atoms with Crippen LogP contribution in [0.25, 0.3) is 0 Å². The molecule has 0 saturated carbocycles. The summed E-state index contributed by atoms with van der Waals surface area (Å²) in [5, 5.41) is 0. The lowest BCUT2D eigenvalue weighted by atomic mass is 10.2. The predicted molar refractivity (Wildman–Crippen MR) is 72.1 cm³/mol. The molecule has 3 nitrogen and oxygen atoms in total. The second-order valence-corrected chi connectivity index (χ2v) is 7.16. The zero-order valence-electron chi connectivity index (χ0n) is 9.30. The van der Waals surface area contributed by atoms with Crippen LogP contribution in [0.4, 0.5) is 0 Å². The average molecular weight is 292 g/mol. The van der Waals surface area contributed by atoms with Crippen molar-refractivity contribution in [2.75, 3.05) is 24.6 Å². The monoisotopic (exact) mass is 291 g/mol. The second-order valence-electron chi connectivity index (χ2n) is 3.76. The van der Waals surface area contributed by atoms with Crippen molar-refractivity contribution >= 4 is 33.4 Å². The molecule has 0 radical (unpaired) electrons. The molecule has 0 aromatic heterocycles. The summed E-state index contributed by atoms with van der Waals surface area (Å²) in [4.78, 5) is 0.349. The van der Waals surface area contributed by atoms with Gasteiger partial charge < -0.3 is 0 Å². The Morgan fingerprint density at radius 3 is 2.53 bits per heavy atom. The highest BCUT2D eigenvalue weighted by Crippen LogP contribution is 2.23. The van der Waals surface area contributed by atoms with E-state index in [1.54, 1.807) is 34.3 Å². The number of benzene rings is 1. The van der Waals surface area contributed by atoms with Crippen LogP contribution in [0.5, 0.6) is 0 Å². The van der Waals surface area contributed by atoms with Crippen molar-refractivity contribution in [1.29, 1.82) is 0 Å². The van der Waals surface area contributed by atoms with Gasteiger partial charge in [0.05, 0.1) is 4.90 Å². The summed E-state index contributed by atoms with van der Waals surface area (Å²) < 4.78 is 26.4. The van der Waals surface area contributed by atoms with E-state index in [4.69, 9.17) is 11.6 Å². The Labute approximate surface area is 111 Å². The van der Waals surface area contributed by atoms with Gasteiger partial charge in [0.1, 0.15) is 0 Å². The highest BCUT2D eigenvalue weighted by atomic mass is 35.5. The molecule has 1 aromatic rings. The Bertz CT molecular complexity index is 484. The molecule has 1 saturated heterocycles. The van der Waals surface area contributed by atoms with Gasteiger partial charge in [-0.1, -0.05) is 18.2 Å². The third-order valence-corrected chi connectivity index (χ3v) is 5.93. The van der Waals surface area contributed by atoms with Gasteiger partial charge in [-0.25, -0.2) is 8.42 Å². The van der Waals surface area contributed by atoms with Crippen LogP contribution in [0.15, 0.2) is 29.2 Å². The zero-order chi connectivity index (χ0) is 12.3. The summed E-state index contributed by atoms with van der Waals surface area (Å²) in [5.41, 5.74) is 0.674. The van der Waals surface area contributed by atoms with Crippen molar-refractivity contribution in [2.24, 2.45) is 0 Å². The minimum atomic E-state index is -3.37. The number of thioether (sulfide) groups is 1. The molecule has 94 valence electrons.